The normalized spacial score (nSPS) is 24.8. The van der Waals surface area contributed by atoms with Crippen molar-refractivity contribution in [1.29, 1.82) is 0 Å². The van der Waals surface area contributed by atoms with Crippen molar-refractivity contribution >= 4 is 0 Å². The SMILES string of the molecule is CN1CCNCC1Cc1ccco1. The van der Waals surface area contributed by atoms with Crippen molar-refractivity contribution in [2.75, 3.05) is 26.7 Å². The number of rotatable bonds is 2. The fraction of sp³-hybridized carbons (Fsp3) is 0.600. The van der Waals surface area contributed by atoms with E-state index in [9.17, 15) is 0 Å². The summed E-state index contributed by atoms with van der Waals surface area (Å²) in [6.07, 6.45) is 2.75. The highest BCUT2D eigenvalue weighted by Crippen LogP contribution is 2.09. The average molecular weight is 180 g/mol. The molecule has 1 N–H and O–H groups in total. The Bertz CT molecular complexity index is 245. The molecule has 2 heterocycles. The molecular weight excluding hydrogens is 164 g/mol. The van der Waals surface area contributed by atoms with Gasteiger partial charge < -0.3 is 14.6 Å². The Morgan fingerprint density at radius 3 is 3.31 bits per heavy atom. The number of nitrogens with one attached hydrogen (secondary N) is 1. The van der Waals surface area contributed by atoms with E-state index in [4.69, 9.17) is 4.42 Å². The van der Waals surface area contributed by atoms with E-state index in [-0.39, 0.29) is 0 Å². The average Bonchev–Trinajstić information content (AvgIpc) is 2.61. The summed E-state index contributed by atoms with van der Waals surface area (Å²) >= 11 is 0. The van der Waals surface area contributed by atoms with E-state index in [1.54, 1.807) is 6.26 Å². The zero-order valence-electron chi connectivity index (χ0n) is 7.99. The first kappa shape index (κ1) is 8.78. The van der Waals surface area contributed by atoms with Gasteiger partial charge in [0.1, 0.15) is 5.76 Å². The molecule has 1 aromatic rings. The Labute approximate surface area is 78.7 Å². The largest absolute Gasteiger partial charge is 0.469 e. The predicted octanol–water partition coefficient (Wildman–Crippen LogP) is 0.726. The monoisotopic (exact) mass is 180 g/mol. The maximum Gasteiger partial charge on any atom is 0.105 e. The molecule has 1 saturated heterocycles. The second-order valence-corrected chi connectivity index (χ2v) is 3.62. The lowest BCUT2D eigenvalue weighted by Gasteiger charge is -2.32. The van der Waals surface area contributed by atoms with Crippen LogP contribution in [0.1, 0.15) is 5.76 Å². The van der Waals surface area contributed by atoms with Gasteiger partial charge in [-0.15, -0.1) is 0 Å². The summed E-state index contributed by atoms with van der Waals surface area (Å²) in [6.45, 7) is 3.30. The molecule has 0 spiro atoms. The minimum Gasteiger partial charge on any atom is -0.469 e. The van der Waals surface area contributed by atoms with Gasteiger partial charge in [0.15, 0.2) is 0 Å². The van der Waals surface area contributed by atoms with Gasteiger partial charge in [-0.25, -0.2) is 0 Å². The molecule has 1 aliphatic heterocycles. The summed E-state index contributed by atoms with van der Waals surface area (Å²) < 4.78 is 5.33. The van der Waals surface area contributed by atoms with E-state index in [2.05, 4.69) is 17.3 Å². The maximum atomic E-state index is 5.33. The van der Waals surface area contributed by atoms with Crippen LogP contribution in [-0.4, -0.2) is 37.6 Å². The lowest BCUT2D eigenvalue weighted by molar-refractivity contribution is 0.192. The Balaban J connectivity index is 1.93. The minimum atomic E-state index is 0.583. The second kappa shape index (κ2) is 3.94. The van der Waals surface area contributed by atoms with Gasteiger partial charge in [-0.3, -0.25) is 0 Å². The van der Waals surface area contributed by atoms with E-state index in [0.717, 1.165) is 31.8 Å². The molecule has 2 rings (SSSR count). The standard InChI is InChI=1S/C10H16N2O/c1-12-5-4-11-8-9(12)7-10-3-2-6-13-10/h2-3,6,9,11H,4-5,7-8H2,1H3. The highest BCUT2D eigenvalue weighted by Gasteiger charge is 2.19. The van der Waals surface area contributed by atoms with Crippen LogP contribution in [0, 0.1) is 0 Å². The fourth-order valence-corrected chi connectivity index (χ4v) is 1.75. The summed E-state index contributed by atoms with van der Waals surface area (Å²) in [6, 6.07) is 4.58. The Kier molecular flexibility index (Phi) is 2.66. The van der Waals surface area contributed by atoms with E-state index < -0.39 is 0 Å². The van der Waals surface area contributed by atoms with E-state index in [1.165, 1.54) is 0 Å². The highest BCUT2D eigenvalue weighted by atomic mass is 16.3. The molecule has 1 atom stereocenters. The molecule has 0 radical (unpaired) electrons. The summed E-state index contributed by atoms with van der Waals surface area (Å²) in [5.41, 5.74) is 0. The molecule has 1 aliphatic rings. The molecule has 3 heteroatoms. The molecule has 3 nitrogen and oxygen atoms in total. The number of nitrogens with zero attached hydrogens (tertiary/aromatic N) is 1. The Hall–Kier alpha value is -0.800. The highest BCUT2D eigenvalue weighted by molar-refractivity contribution is 5.01. The van der Waals surface area contributed by atoms with Gasteiger partial charge in [-0.05, 0) is 19.2 Å². The third kappa shape index (κ3) is 2.11. The van der Waals surface area contributed by atoms with Crippen LogP contribution in [0.5, 0.6) is 0 Å². The maximum absolute atomic E-state index is 5.33. The zero-order chi connectivity index (χ0) is 9.10. The topological polar surface area (TPSA) is 28.4 Å². The van der Waals surface area contributed by atoms with Crippen molar-refractivity contribution in [3.05, 3.63) is 24.2 Å². The van der Waals surface area contributed by atoms with E-state index in [0.29, 0.717) is 6.04 Å². The van der Waals surface area contributed by atoms with Crippen LogP contribution >= 0.6 is 0 Å². The molecule has 1 unspecified atom stereocenters. The molecule has 0 bridgehead atoms. The zero-order valence-corrected chi connectivity index (χ0v) is 7.99. The van der Waals surface area contributed by atoms with Crippen molar-refractivity contribution in [3.8, 4) is 0 Å². The van der Waals surface area contributed by atoms with Crippen molar-refractivity contribution in [2.45, 2.75) is 12.5 Å². The molecule has 1 aromatic heterocycles. The lowest BCUT2D eigenvalue weighted by atomic mass is 10.1. The molecule has 0 saturated carbocycles. The number of hydrogen-bond donors (Lipinski definition) is 1. The number of likely N-dealkylation sites (N-methyl/N-ethyl adjacent to an activating group) is 1. The minimum absolute atomic E-state index is 0.583. The van der Waals surface area contributed by atoms with E-state index in [1.807, 2.05) is 12.1 Å². The van der Waals surface area contributed by atoms with Gasteiger partial charge in [0, 0.05) is 32.1 Å². The predicted molar refractivity (Wildman–Crippen MR) is 51.7 cm³/mol. The van der Waals surface area contributed by atoms with Crippen LogP contribution in [0.3, 0.4) is 0 Å². The summed E-state index contributed by atoms with van der Waals surface area (Å²) in [5, 5.41) is 3.39. The van der Waals surface area contributed by atoms with Crippen LogP contribution in [0.4, 0.5) is 0 Å². The van der Waals surface area contributed by atoms with Crippen molar-refractivity contribution in [3.63, 3.8) is 0 Å². The molecule has 72 valence electrons. The van der Waals surface area contributed by atoms with Crippen LogP contribution < -0.4 is 5.32 Å². The van der Waals surface area contributed by atoms with E-state index >= 15 is 0 Å². The van der Waals surface area contributed by atoms with Crippen LogP contribution in [0.25, 0.3) is 0 Å². The molecule has 1 fully saturated rings. The smallest absolute Gasteiger partial charge is 0.105 e. The van der Waals surface area contributed by atoms with Gasteiger partial charge in [0.2, 0.25) is 0 Å². The number of piperazine rings is 1. The van der Waals surface area contributed by atoms with Crippen LogP contribution in [0.15, 0.2) is 22.8 Å². The molecule has 0 aromatic carbocycles. The first-order valence-corrected chi connectivity index (χ1v) is 4.79. The number of furan rings is 1. The Morgan fingerprint density at radius 1 is 1.69 bits per heavy atom. The van der Waals surface area contributed by atoms with Gasteiger partial charge in [0.05, 0.1) is 6.26 Å². The van der Waals surface area contributed by atoms with Gasteiger partial charge in [0.25, 0.3) is 0 Å². The van der Waals surface area contributed by atoms with Crippen molar-refractivity contribution in [2.24, 2.45) is 0 Å². The lowest BCUT2D eigenvalue weighted by Crippen LogP contribution is -2.50. The van der Waals surface area contributed by atoms with Crippen molar-refractivity contribution in [1.82, 2.24) is 10.2 Å². The third-order valence-electron chi connectivity index (χ3n) is 2.66. The van der Waals surface area contributed by atoms with Crippen LogP contribution in [0.2, 0.25) is 0 Å². The van der Waals surface area contributed by atoms with Gasteiger partial charge in [-0.1, -0.05) is 0 Å². The first-order chi connectivity index (χ1) is 6.36. The summed E-state index contributed by atoms with van der Waals surface area (Å²) in [5.74, 6) is 1.08. The van der Waals surface area contributed by atoms with Crippen LogP contribution in [-0.2, 0) is 6.42 Å². The van der Waals surface area contributed by atoms with Crippen molar-refractivity contribution < 1.29 is 4.42 Å². The third-order valence-corrected chi connectivity index (χ3v) is 2.66. The molecular formula is C10H16N2O. The van der Waals surface area contributed by atoms with Gasteiger partial charge in [-0.2, -0.15) is 0 Å². The molecule has 13 heavy (non-hydrogen) atoms. The summed E-state index contributed by atoms with van der Waals surface area (Å²) in [7, 11) is 2.18. The first-order valence-electron chi connectivity index (χ1n) is 4.79. The summed E-state index contributed by atoms with van der Waals surface area (Å²) in [4.78, 5) is 2.39. The Morgan fingerprint density at radius 2 is 2.62 bits per heavy atom. The quantitative estimate of drug-likeness (QED) is 0.727. The number of hydrogen-bond acceptors (Lipinski definition) is 3. The van der Waals surface area contributed by atoms with Gasteiger partial charge >= 0.3 is 0 Å². The molecule has 0 aliphatic carbocycles. The molecule has 0 amide bonds. The fourth-order valence-electron chi connectivity index (χ4n) is 1.75. The second-order valence-electron chi connectivity index (χ2n) is 3.62.